The Morgan fingerprint density at radius 2 is 1.83 bits per heavy atom. The zero-order chi connectivity index (χ0) is 21.0. The van der Waals surface area contributed by atoms with Crippen molar-refractivity contribution >= 4 is 28.9 Å². The van der Waals surface area contributed by atoms with Crippen LogP contribution in [0, 0.1) is 18.6 Å². The maximum absolute atomic E-state index is 14.0. The molecule has 0 aliphatic rings. The quantitative estimate of drug-likeness (QED) is 0.560. The normalized spacial score (nSPS) is 10.6. The molecule has 0 spiro atoms. The molecular formula is C21H18F2N2O3S. The van der Waals surface area contributed by atoms with Crippen LogP contribution in [0.5, 0.6) is 0 Å². The van der Waals surface area contributed by atoms with E-state index in [4.69, 9.17) is 4.74 Å². The fourth-order valence-corrected chi connectivity index (χ4v) is 3.62. The molecule has 3 aromatic rings. The first-order chi connectivity index (χ1) is 13.9. The van der Waals surface area contributed by atoms with Crippen molar-refractivity contribution < 1.29 is 23.1 Å². The van der Waals surface area contributed by atoms with E-state index in [0.717, 1.165) is 23.5 Å². The van der Waals surface area contributed by atoms with Crippen LogP contribution >= 0.6 is 11.3 Å². The largest absolute Gasteiger partial charge is 0.462 e. The maximum atomic E-state index is 14.0. The number of aryl methyl sites for hydroxylation is 1. The number of amides is 1. The number of esters is 1. The fourth-order valence-electron chi connectivity index (χ4n) is 2.61. The summed E-state index contributed by atoms with van der Waals surface area (Å²) >= 11 is 0.895. The molecule has 1 amide bonds. The van der Waals surface area contributed by atoms with Crippen LogP contribution in [0.1, 0.15) is 39.1 Å². The Bertz CT molecular complexity index is 1050. The third-order valence-corrected chi connectivity index (χ3v) is 5.15. The molecule has 5 nitrogen and oxygen atoms in total. The second-order valence-corrected chi connectivity index (χ2v) is 7.20. The van der Waals surface area contributed by atoms with Crippen LogP contribution < -0.4 is 5.32 Å². The van der Waals surface area contributed by atoms with Crippen molar-refractivity contribution in [2.45, 2.75) is 20.3 Å². The van der Waals surface area contributed by atoms with Gasteiger partial charge in [0.25, 0.3) is 5.91 Å². The Hall–Kier alpha value is -3.13. The minimum atomic E-state index is -0.746. The Balaban J connectivity index is 1.82. The topological polar surface area (TPSA) is 68.3 Å². The second kappa shape index (κ2) is 8.91. The third kappa shape index (κ3) is 4.65. The molecule has 0 atom stereocenters. The van der Waals surface area contributed by atoms with Gasteiger partial charge in [-0.05, 0) is 43.7 Å². The molecule has 150 valence electrons. The van der Waals surface area contributed by atoms with Gasteiger partial charge in [-0.2, -0.15) is 0 Å². The Labute approximate surface area is 170 Å². The number of halogens is 2. The molecule has 0 aliphatic carbocycles. The molecule has 1 N–H and O–H groups in total. The monoisotopic (exact) mass is 416 g/mol. The molecule has 0 radical (unpaired) electrons. The zero-order valence-electron chi connectivity index (χ0n) is 15.8. The van der Waals surface area contributed by atoms with Crippen LogP contribution in [-0.4, -0.2) is 23.5 Å². The minimum absolute atomic E-state index is 0.0835. The van der Waals surface area contributed by atoms with E-state index >= 15 is 0 Å². The van der Waals surface area contributed by atoms with E-state index in [1.165, 1.54) is 12.1 Å². The number of hydrogen-bond acceptors (Lipinski definition) is 5. The van der Waals surface area contributed by atoms with Crippen LogP contribution in [0.15, 0.2) is 42.5 Å². The van der Waals surface area contributed by atoms with Crippen molar-refractivity contribution in [3.63, 3.8) is 0 Å². The molecule has 0 saturated carbocycles. The molecule has 2 aromatic carbocycles. The summed E-state index contributed by atoms with van der Waals surface area (Å²) in [6, 6.07) is 9.88. The number of ether oxygens (including phenoxy) is 1. The summed E-state index contributed by atoms with van der Waals surface area (Å²) in [5.74, 6) is -2.45. The molecule has 1 heterocycles. The summed E-state index contributed by atoms with van der Waals surface area (Å²) < 4.78 is 33.1. The molecule has 8 heteroatoms. The molecule has 3 rings (SSSR count). The van der Waals surface area contributed by atoms with Gasteiger partial charge in [0.05, 0.1) is 23.4 Å². The number of nitrogens with one attached hydrogen (secondary N) is 1. The van der Waals surface area contributed by atoms with Crippen molar-refractivity contribution in [3.05, 3.63) is 70.2 Å². The molecule has 1 aromatic heterocycles. The van der Waals surface area contributed by atoms with E-state index in [0.29, 0.717) is 30.0 Å². The number of carbonyl (C=O) groups is 2. The van der Waals surface area contributed by atoms with E-state index in [-0.39, 0.29) is 15.4 Å². The van der Waals surface area contributed by atoms with Gasteiger partial charge in [-0.3, -0.25) is 4.79 Å². The Morgan fingerprint density at radius 1 is 1.14 bits per heavy atom. The summed E-state index contributed by atoms with van der Waals surface area (Å²) in [6.07, 6.45) is 0.706. The second-order valence-electron chi connectivity index (χ2n) is 6.20. The van der Waals surface area contributed by atoms with Gasteiger partial charge in [-0.1, -0.05) is 19.1 Å². The van der Waals surface area contributed by atoms with Crippen LogP contribution in [0.3, 0.4) is 0 Å². The van der Waals surface area contributed by atoms with E-state index in [2.05, 4.69) is 10.3 Å². The summed E-state index contributed by atoms with van der Waals surface area (Å²) in [6.45, 7) is 3.79. The molecule has 0 aliphatic heterocycles. The molecule has 0 bridgehead atoms. The number of nitrogens with zero attached hydrogens (tertiary/aromatic N) is 1. The number of benzene rings is 2. The average molecular weight is 416 g/mol. The Kier molecular flexibility index (Phi) is 6.33. The molecule has 0 saturated heterocycles. The first-order valence-electron chi connectivity index (χ1n) is 8.91. The van der Waals surface area contributed by atoms with Crippen LogP contribution in [0.4, 0.5) is 14.5 Å². The van der Waals surface area contributed by atoms with Crippen molar-refractivity contribution in [1.29, 1.82) is 0 Å². The molecule has 0 unspecified atom stereocenters. The van der Waals surface area contributed by atoms with Crippen molar-refractivity contribution in [2.75, 3.05) is 11.9 Å². The van der Waals surface area contributed by atoms with Gasteiger partial charge in [0.15, 0.2) is 0 Å². The predicted octanol–water partition coefficient (Wildman–Crippen LogP) is 5.22. The van der Waals surface area contributed by atoms with Gasteiger partial charge in [0.1, 0.15) is 21.5 Å². The number of carbonyl (C=O) groups excluding carboxylic acids is 2. The van der Waals surface area contributed by atoms with E-state index in [1.807, 2.05) is 6.92 Å². The highest BCUT2D eigenvalue weighted by Crippen LogP contribution is 2.32. The average Bonchev–Trinajstić information content (AvgIpc) is 3.07. The lowest BCUT2D eigenvalue weighted by Gasteiger charge is -2.07. The van der Waals surface area contributed by atoms with Crippen LogP contribution in [0.25, 0.3) is 10.6 Å². The highest BCUT2D eigenvalue weighted by molar-refractivity contribution is 7.17. The zero-order valence-corrected chi connectivity index (χ0v) is 16.6. The lowest BCUT2D eigenvalue weighted by molar-refractivity contribution is 0.0505. The summed E-state index contributed by atoms with van der Waals surface area (Å²) in [5, 5.41) is 2.76. The number of thiazole rings is 1. The van der Waals surface area contributed by atoms with Gasteiger partial charge in [0.2, 0.25) is 0 Å². The lowest BCUT2D eigenvalue weighted by atomic mass is 10.2. The molecule has 0 fully saturated rings. The summed E-state index contributed by atoms with van der Waals surface area (Å²) in [7, 11) is 0. The lowest BCUT2D eigenvalue weighted by Crippen LogP contribution is -2.12. The van der Waals surface area contributed by atoms with E-state index < -0.39 is 23.5 Å². The smallest absolute Gasteiger partial charge is 0.338 e. The van der Waals surface area contributed by atoms with Gasteiger partial charge in [-0.15, -0.1) is 11.3 Å². The fraction of sp³-hybridized carbons (Fsp3) is 0.190. The SMILES string of the molecule is CCCOC(=O)c1cccc(NC(=O)c2sc(-c3c(F)cccc3F)nc2C)c1. The van der Waals surface area contributed by atoms with Gasteiger partial charge >= 0.3 is 5.97 Å². The number of hydrogen-bond donors (Lipinski definition) is 1. The van der Waals surface area contributed by atoms with Crippen LogP contribution in [-0.2, 0) is 4.74 Å². The number of aromatic nitrogens is 1. The number of anilines is 1. The molecular weight excluding hydrogens is 398 g/mol. The van der Waals surface area contributed by atoms with E-state index in [9.17, 15) is 18.4 Å². The highest BCUT2D eigenvalue weighted by Gasteiger charge is 2.21. The van der Waals surface area contributed by atoms with E-state index in [1.54, 1.807) is 25.1 Å². The number of rotatable bonds is 6. The minimum Gasteiger partial charge on any atom is -0.462 e. The van der Waals surface area contributed by atoms with Crippen molar-refractivity contribution in [3.8, 4) is 10.6 Å². The molecule has 29 heavy (non-hydrogen) atoms. The van der Waals surface area contributed by atoms with Crippen molar-refractivity contribution in [2.24, 2.45) is 0 Å². The first kappa shape index (κ1) is 20.6. The Morgan fingerprint density at radius 3 is 2.52 bits per heavy atom. The third-order valence-electron chi connectivity index (χ3n) is 3.97. The standard InChI is InChI=1S/C21H18F2N2O3S/c1-3-10-28-21(27)13-6-4-7-14(11-13)25-19(26)18-12(2)24-20(29-18)17-15(22)8-5-9-16(17)23/h4-9,11H,3,10H2,1-2H3,(H,25,26). The maximum Gasteiger partial charge on any atom is 0.338 e. The van der Waals surface area contributed by atoms with Gasteiger partial charge < -0.3 is 10.1 Å². The summed E-state index contributed by atoms with van der Waals surface area (Å²) in [4.78, 5) is 29.0. The van der Waals surface area contributed by atoms with Gasteiger partial charge in [0, 0.05) is 5.69 Å². The van der Waals surface area contributed by atoms with Crippen LogP contribution in [0.2, 0.25) is 0 Å². The highest BCUT2D eigenvalue weighted by atomic mass is 32.1. The summed E-state index contributed by atoms with van der Waals surface area (Å²) in [5.41, 5.74) is 0.794. The first-order valence-corrected chi connectivity index (χ1v) is 9.72. The van der Waals surface area contributed by atoms with Gasteiger partial charge in [-0.25, -0.2) is 18.6 Å². The predicted molar refractivity (Wildman–Crippen MR) is 107 cm³/mol. The van der Waals surface area contributed by atoms with Crippen molar-refractivity contribution in [1.82, 2.24) is 4.98 Å².